The van der Waals surface area contributed by atoms with Crippen LogP contribution in [0.2, 0.25) is 0 Å². The summed E-state index contributed by atoms with van der Waals surface area (Å²) in [5.41, 5.74) is -0.496. The van der Waals surface area contributed by atoms with Crippen LogP contribution in [0, 0.1) is 0 Å². The highest BCUT2D eigenvalue weighted by Gasteiger charge is 2.45. The zero-order chi connectivity index (χ0) is 14.6. The third-order valence-electron chi connectivity index (χ3n) is 4.70. The predicted molar refractivity (Wildman–Crippen MR) is 77.7 cm³/mol. The molecule has 5 nitrogen and oxygen atoms in total. The number of methoxy groups -OCH3 is 1. The number of hydrogen-bond acceptors (Lipinski definition) is 5. The van der Waals surface area contributed by atoms with E-state index in [9.17, 15) is 4.79 Å². The lowest BCUT2D eigenvalue weighted by atomic mass is 9.77. The van der Waals surface area contributed by atoms with Crippen molar-refractivity contribution in [1.82, 2.24) is 10.2 Å². The van der Waals surface area contributed by atoms with Crippen molar-refractivity contribution in [2.24, 2.45) is 0 Å². The van der Waals surface area contributed by atoms with Crippen LogP contribution in [0.25, 0.3) is 0 Å². The number of morpholine rings is 1. The molecule has 2 rings (SSSR count). The number of hydrogen-bond donors (Lipinski definition) is 1. The van der Waals surface area contributed by atoms with Crippen molar-refractivity contribution in [3.05, 3.63) is 0 Å². The number of nitrogens with one attached hydrogen (secondary N) is 1. The average Bonchev–Trinajstić information content (AvgIpc) is 2.47. The summed E-state index contributed by atoms with van der Waals surface area (Å²) in [6.07, 6.45) is 3.95. The maximum absolute atomic E-state index is 12.3. The molecule has 1 saturated heterocycles. The average molecular weight is 284 g/mol. The summed E-state index contributed by atoms with van der Waals surface area (Å²) in [7, 11) is 1.49. The Kier molecular flexibility index (Phi) is 5.41. The third-order valence-corrected chi connectivity index (χ3v) is 4.70. The molecular formula is C15H28N2O3. The number of carbonyl (C=O) groups is 1. The molecule has 1 N–H and O–H groups in total. The van der Waals surface area contributed by atoms with E-state index < -0.39 is 5.54 Å². The Balaban J connectivity index is 2.10. The van der Waals surface area contributed by atoms with Crippen LogP contribution in [0.1, 0.15) is 39.5 Å². The number of nitrogens with zero attached hydrogens (tertiary/aromatic N) is 1. The molecule has 0 bridgehead atoms. The van der Waals surface area contributed by atoms with Gasteiger partial charge < -0.3 is 14.8 Å². The van der Waals surface area contributed by atoms with Gasteiger partial charge in [0.2, 0.25) is 0 Å². The maximum atomic E-state index is 12.3. The Bertz CT molecular complexity index is 333. The summed E-state index contributed by atoms with van der Waals surface area (Å²) in [5, 5.41) is 3.40. The molecule has 0 radical (unpaired) electrons. The summed E-state index contributed by atoms with van der Waals surface area (Å²) in [6, 6.07) is 0.879. The van der Waals surface area contributed by atoms with E-state index in [0.29, 0.717) is 12.1 Å². The van der Waals surface area contributed by atoms with Crippen LogP contribution in [-0.4, -0.2) is 61.9 Å². The second-order valence-electron chi connectivity index (χ2n) is 6.02. The van der Waals surface area contributed by atoms with Crippen molar-refractivity contribution in [3.8, 4) is 0 Å². The van der Waals surface area contributed by atoms with E-state index >= 15 is 0 Å². The molecule has 0 aromatic heterocycles. The molecule has 1 heterocycles. The Hall–Kier alpha value is -0.650. The Morgan fingerprint density at radius 3 is 3.00 bits per heavy atom. The lowest BCUT2D eigenvalue weighted by Gasteiger charge is -2.46. The van der Waals surface area contributed by atoms with E-state index in [4.69, 9.17) is 9.47 Å². The largest absolute Gasteiger partial charge is 0.468 e. The molecule has 1 aliphatic carbocycles. The third kappa shape index (κ3) is 3.15. The molecule has 1 saturated carbocycles. The van der Waals surface area contributed by atoms with Gasteiger partial charge >= 0.3 is 5.97 Å². The fourth-order valence-electron chi connectivity index (χ4n) is 3.76. The van der Waals surface area contributed by atoms with Gasteiger partial charge in [-0.15, -0.1) is 0 Å². The molecule has 0 spiro atoms. The number of rotatable bonds is 4. The summed E-state index contributed by atoms with van der Waals surface area (Å²) in [6.45, 7) is 7.61. The van der Waals surface area contributed by atoms with Gasteiger partial charge in [0.15, 0.2) is 0 Å². The van der Waals surface area contributed by atoms with Gasteiger partial charge in [-0.25, -0.2) is 0 Å². The van der Waals surface area contributed by atoms with Crippen molar-refractivity contribution >= 4 is 5.97 Å². The van der Waals surface area contributed by atoms with Crippen LogP contribution < -0.4 is 5.32 Å². The summed E-state index contributed by atoms with van der Waals surface area (Å²) < 4.78 is 10.6. The minimum Gasteiger partial charge on any atom is -0.468 e. The lowest BCUT2D eigenvalue weighted by Crippen LogP contribution is -2.60. The summed E-state index contributed by atoms with van der Waals surface area (Å²) in [4.78, 5) is 14.8. The van der Waals surface area contributed by atoms with Crippen LogP contribution in [0.15, 0.2) is 0 Å². The molecule has 1 aliphatic heterocycles. The van der Waals surface area contributed by atoms with Crippen molar-refractivity contribution in [2.75, 3.05) is 33.4 Å². The summed E-state index contributed by atoms with van der Waals surface area (Å²) in [5.74, 6) is -0.107. The zero-order valence-electron chi connectivity index (χ0n) is 13.0. The first-order valence-corrected chi connectivity index (χ1v) is 7.80. The Morgan fingerprint density at radius 1 is 1.55 bits per heavy atom. The molecule has 116 valence electrons. The molecule has 0 aromatic carbocycles. The quantitative estimate of drug-likeness (QED) is 0.785. The minimum absolute atomic E-state index is 0.107. The van der Waals surface area contributed by atoms with Crippen molar-refractivity contribution in [1.29, 1.82) is 0 Å². The Morgan fingerprint density at radius 2 is 2.35 bits per heavy atom. The Labute approximate surface area is 122 Å². The van der Waals surface area contributed by atoms with E-state index in [0.717, 1.165) is 52.0 Å². The predicted octanol–water partition coefficient (Wildman–Crippen LogP) is 1.17. The molecule has 2 fully saturated rings. The highest BCUT2D eigenvalue weighted by molar-refractivity contribution is 5.81. The number of carbonyl (C=O) groups excluding carboxylic acids is 1. The van der Waals surface area contributed by atoms with Gasteiger partial charge in [-0.05, 0) is 39.2 Å². The van der Waals surface area contributed by atoms with Crippen LogP contribution in [0.5, 0.6) is 0 Å². The van der Waals surface area contributed by atoms with Crippen molar-refractivity contribution in [3.63, 3.8) is 0 Å². The molecule has 0 aromatic rings. The van der Waals surface area contributed by atoms with E-state index in [1.165, 1.54) is 7.11 Å². The van der Waals surface area contributed by atoms with E-state index in [1.54, 1.807) is 0 Å². The molecule has 5 heteroatoms. The molecule has 3 atom stereocenters. The lowest BCUT2D eigenvalue weighted by molar-refractivity contribution is -0.152. The first-order chi connectivity index (χ1) is 9.63. The molecule has 2 aliphatic rings. The first kappa shape index (κ1) is 15.7. The van der Waals surface area contributed by atoms with Gasteiger partial charge in [0, 0.05) is 18.6 Å². The second kappa shape index (κ2) is 6.87. The fourth-order valence-corrected chi connectivity index (χ4v) is 3.76. The van der Waals surface area contributed by atoms with Gasteiger partial charge in [-0.3, -0.25) is 9.69 Å². The molecular weight excluding hydrogens is 256 g/mol. The van der Waals surface area contributed by atoms with Crippen molar-refractivity contribution < 1.29 is 14.3 Å². The first-order valence-electron chi connectivity index (χ1n) is 7.80. The number of likely N-dealkylation sites (N-methyl/N-ethyl adjacent to an activating group) is 1. The van der Waals surface area contributed by atoms with Crippen LogP contribution in [-0.2, 0) is 14.3 Å². The summed E-state index contributed by atoms with van der Waals surface area (Å²) >= 11 is 0. The van der Waals surface area contributed by atoms with E-state index in [-0.39, 0.29) is 5.97 Å². The normalized spacial score (nSPS) is 35.8. The molecule has 0 amide bonds. The highest BCUT2D eigenvalue weighted by Crippen LogP contribution is 2.33. The van der Waals surface area contributed by atoms with E-state index in [2.05, 4.69) is 17.1 Å². The van der Waals surface area contributed by atoms with Crippen LogP contribution in [0.3, 0.4) is 0 Å². The number of ether oxygens (including phenoxy) is 2. The van der Waals surface area contributed by atoms with Crippen LogP contribution >= 0.6 is 0 Å². The SMILES string of the molecule is CCNC1(C(=O)OC)CCCC(N2CCOCC2C)C1. The van der Waals surface area contributed by atoms with E-state index in [1.807, 2.05) is 6.92 Å². The number of esters is 1. The highest BCUT2D eigenvalue weighted by atomic mass is 16.5. The standard InChI is InChI=1S/C15H28N2O3/c1-4-16-15(14(18)19-3)7-5-6-13(10-15)17-8-9-20-11-12(17)2/h12-13,16H,4-11H2,1-3H3. The fraction of sp³-hybridized carbons (Fsp3) is 0.933. The maximum Gasteiger partial charge on any atom is 0.326 e. The van der Waals surface area contributed by atoms with Gasteiger partial charge in [0.25, 0.3) is 0 Å². The van der Waals surface area contributed by atoms with Gasteiger partial charge in [0.05, 0.1) is 20.3 Å². The molecule has 20 heavy (non-hydrogen) atoms. The topological polar surface area (TPSA) is 50.8 Å². The van der Waals surface area contributed by atoms with Gasteiger partial charge in [-0.1, -0.05) is 6.92 Å². The zero-order valence-corrected chi connectivity index (χ0v) is 13.0. The smallest absolute Gasteiger partial charge is 0.326 e. The van der Waals surface area contributed by atoms with Gasteiger partial charge in [0.1, 0.15) is 5.54 Å². The molecule has 3 unspecified atom stereocenters. The second-order valence-corrected chi connectivity index (χ2v) is 6.02. The van der Waals surface area contributed by atoms with Gasteiger partial charge in [-0.2, -0.15) is 0 Å². The van der Waals surface area contributed by atoms with Crippen LogP contribution in [0.4, 0.5) is 0 Å². The van der Waals surface area contributed by atoms with Crippen molar-refractivity contribution in [2.45, 2.75) is 57.2 Å². The monoisotopic (exact) mass is 284 g/mol. The minimum atomic E-state index is -0.496.